The highest BCUT2D eigenvalue weighted by atomic mass is 16.2. The van der Waals surface area contributed by atoms with E-state index >= 15 is 0 Å². The molecule has 0 spiro atoms. The number of carbonyl (C=O) groups excluding carboxylic acids is 2. The van der Waals surface area contributed by atoms with Crippen LogP contribution in [0.2, 0.25) is 0 Å². The Hall–Kier alpha value is -3.47. The molecule has 1 atom stereocenters. The van der Waals surface area contributed by atoms with Crippen molar-refractivity contribution in [2.45, 2.75) is 40.3 Å². The Labute approximate surface area is 177 Å². The van der Waals surface area contributed by atoms with Gasteiger partial charge in [-0.1, -0.05) is 42.0 Å². The minimum absolute atomic E-state index is 0.104. The summed E-state index contributed by atoms with van der Waals surface area (Å²) in [5.74, 6) is -0.326. The number of carbonyl (C=O) groups is 2. The predicted octanol–water partition coefficient (Wildman–Crippen LogP) is 3.93. The van der Waals surface area contributed by atoms with Gasteiger partial charge in [-0.15, -0.1) is 0 Å². The van der Waals surface area contributed by atoms with Crippen LogP contribution in [0.3, 0.4) is 0 Å². The molecule has 2 aromatic carbocycles. The van der Waals surface area contributed by atoms with Crippen molar-refractivity contribution in [2.75, 3.05) is 10.2 Å². The minimum Gasteiger partial charge on any atom is -0.323 e. The number of nitrogens with zero attached hydrogens (tertiary/aromatic N) is 2. The van der Waals surface area contributed by atoms with Crippen LogP contribution in [0.4, 0.5) is 11.4 Å². The lowest BCUT2D eigenvalue weighted by Crippen LogP contribution is -2.58. The number of hydrogen-bond acceptors (Lipinski definition) is 2. The molecule has 0 saturated heterocycles. The van der Waals surface area contributed by atoms with E-state index in [9.17, 15) is 9.59 Å². The number of fused-ring (bicyclic) bond motifs is 1. The van der Waals surface area contributed by atoms with Crippen LogP contribution in [0, 0.1) is 27.7 Å². The number of nitrogens with one attached hydrogen (secondary N) is 1. The lowest BCUT2D eigenvalue weighted by Gasteiger charge is -2.33. The Balaban J connectivity index is 1.83. The monoisotopic (exact) mass is 400 g/mol. The van der Waals surface area contributed by atoms with Gasteiger partial charge in [0.05, 0.1) is 0 Å². The third-order valence-corrected chi connectivity index (χ3v) is 5.68. The molecular formula is C25H26N3O2+. The molecule has 30 heavy (non-hydrogen) atoms. The van der Waals surface area contributed by atoms with Crippen molar-refractivity contribution in [1.82, 2.24) is 0 Å². The molecule has 1 aliphatic heterocycles. The summed E-state index contributed by atoms with van der Waals surface area (Å²) in [6.07, 6.45) is 1.85. The van der Waals surface area contributed by atoms with Crippen molar-refractivity contribution >= 4 is 23.2 Å². The van der Waals surface area contributed by atoms with Crippen molar-refractivity contribution in [3.63, 3.8) is 0 Å². The zero-order chi connectivity index (χ0) is 21.4. The van der Waals surface area contributed by atoms with Crippen LogP contribution in [0.5, 0.6) is 0 Å². The highest BCUT2D eigenvalue weighted by molar-refractivity contribution is 6.06. The average molecular weight is 401 g/mol. The van der Waals surface area contributed by atoms with E-state index in [0.717, 1.165) is 39.3 Å². The molecule has 0 bridgehead atoms. The summed E-state index contributed by atoms with van der Waals surface area (Å²) in [5, 5.41) is 3.09. The van der Waals surface area contributed by atoms with Crippen LogP contribution in [0.1, 0.15) is 34.0 Å². The van der Waals surface area contributed by atoms with E-state index in [-0.39, 0.29) is 18.4 Å². The van der Waals surface area contributed by atoms with Gasteiger partial charge in [0.25, 0.3) is 11.8 Å². The molecule has 1 N–H and O–H groups in total. The Bertz CT molecular complexity index is 1130. The van der Waals surface area contributed by atoms with Crippen molar-refractivity contribution in [1.29, 1.82) is 0 Å². The molecule has 0 radical (unpaired) electrons. The Morgan fingerprint density at radius 1 is 0.967 bits per heavy atom. The topological polar surface area (TPSA) is 53.3 Å². The van der Waals surface area contributed by atoms with Crippen molar-refractivity contribution < 1.29 is 14.2 Å². The number of benzene rings is 2. The molecule has 152 valence electrons. The second kappa shape index (κ2) is 7.75. The molecule has 2 amide bonds. The van der Waals surface area contributed by atoms with Crippen molar-refractivity contribution in [3.8, 4) is 0 Å². The number of amides is 2. The molecule has 4 rings (SSSR count). The first-order valence-electron chi connectivity index (χ1n) is 10.1. The third-order valence-electron chi connectivity index (χ3n) is 5.68. The van der Waals surface area contributed by atoms with E-state index in [1.54, 1.807) is 4.90 Å². The Morgan fingerprint density at radius 3 is 2.40 bits per heavy atom. The van der Waals surface area contributed by atoms with Crippen LogP contribution in [-0.4, -0.2) is 11.8 Å². The van der Waals surface area contributed by atoms with Crippen LogP contribution < -0.4 is 14.8 Å². The molecule has 0 fully saturated rings. The number of rotatable bonds is 3. The second-order valence-electron chi connectivity index (χ2n) is 7.97. The highest BCUT2D eigenvalue weighted by Gasteiger charge is 2.44. The Morgan fingerprint density at radius 2 is 1.70 bits per heavy atom. The fraction of sp³-hybridized carbons (Fsp3) is 0.240. The summed E-state index contributed by atoms with van der Waals surface area (Å²) in [6.45, 7) is 8.14. The van der Waals surface area contributed by atoms with E-state index < -0.39 is 6.04 Å². The lowest BCUT2D eigenvalue weighted by molar-refractivity contribution is -0.695. The summed E-state index contributed by atoms with van der Waals surface area (Å²) in [6, 6.07) is 16.8. The van der Waals surface area contributed by atoms with Crippen molar-refractivity contribution in [3.05, 3.63) is 88.7 Å². The SMILES string of the molecule is Cc1ccc(N2C(=O)C[n+]3ccccc3[C@H]2C(=O)Nc2c(C)cccc2C)c(C)c1. The number of aryl methyl sites for hydroxylation is 4. The minimum atomic E-state index is -0.757. The van der Waals surface area contributed by atoms with Gasteiger partial charge in [0.1, 0.15) is 0 Å². The van der Waals surface area contributed by atoms with Gasteiger partial charge < -0.3 is 5.32 Å². The smallest absolute Gasteiger partial charge is 0.294 e. The first kappa shape index (κ1) is 19.8. The second-order valence-corrected chi connectivity index (χ2v) is 7.97. The Kier molecular flexibility index (Phi) is 5.12. The number of pyridine rings is 1. The van der Waals surface area contributed by atoms with E-state index in [1.807, 2.05) is 93.1 Å². The molecule has 0 unspecified atom stereocenters. The molecule has 1 aromatic heterocycles. The zero-order valence-corrected chi connectivity index (χ0v) is 17.8. The number of anilines is 2. The molecule has 5 nitrogen and oxygen atoms in total. The normalized spacial score (nSPS) is 15.7. The van der Waals surface area contributed by atoms with Crippen LogP contribution in [-0.2, 0) is 16.1 Å². The largest absolute Gasteiger partial charge is 0.323 e. The highest BCUT2D eigenvalue weighted by Crippen LogP contribution is 2.33. The van der Waals surface area contributed by atoms with Gasteiger partial charge in [0, 0.05) is 23.5 Å². The van der Waals surface area contributed by atoms with E-state index in [4.69, 9.17) is 0 Å². The molecule has 5 heteroatoms. The van der Waals surface area contributed by atoms with Crippen LogP contribution in [0.15, 0.2) is 60.8 Å². The first-order chi connectivity index (χ1) is 14.4. The summed E-state index contributed by atoms with van der Waals surface area (Å²) in [5.41, 5.74) is 6.42. The zero-order valence-electron chi connectivity index (χ0n) is 17.8. The fourth-order valence-electron chi connectivity index (χ4n) is 4.18. The standard InChI is InChI=1S/C25H25N3O2/c1-16-11-12-20(19(4)14-16)28-22(29)15-27-13-6-5-10-21(27)24(28)25(30)26-23-17(2)8-7-9-18(23)3/h5-14,24H,15H2,1-4H3/p+1/t24-/m0/s1. The average Bonchev–Trinajstić information content (AvgIpc) is 2.70. The van der Waals surface area contributed by atoms with E-state index in [1.165, 1.54) is 0 Å². The molecule has 0 aliphatic carbocycles. The van der Waals surface area contributed by atoms with Gasteiger partial charge in [-0.3, -0.25) is 14.5 Å². The number of hydrogen-bond donors (Lipinski definition) is 1. The fourth-order valence-corrected chi connectivity index (χ4v) is 4.18. The molecular weight excluding hydrogens is 374 g/mol. The predicted molar refractivity (Wildman–Crippen MR) is 117 cm³/mol. The van der Waals surface area contributed by atoms with Gasteiger partial charge in [0.15, 0.2) is 6.20 Å². The van der Waals surface area contributed by atoms with Gasteiger partial charge >= 0.3 is 0 Å². The molecule has 0 saturated carbocycles. The third kappa shape index (κ3) is 3.47. The van der Waals surface area contributed by atoms with Gasteiger partial charge in [0.2, 0.25) is 18.3 Å². The summed E-state index contributed by atoms with van der Waals surface area (Å²) >= 11 is 0. The molecule has 3 aromatic rings. The van der Waals surface area contributed by atoms with Gasteiger partial charge in [-0.2, -0.15) is 4.57 Å². The first-order valence-corrected chi connectivity index (χ1v) is 10.1. The molecule has 2 heterocycles. The maximum Gasteiger partial charge on any atom is 0.294 e. The quantitative estimate of drug-likeness (QED) is 0.677. The van der Waals surface area contributed by atoms with Crippen LogP contribution >= 0.6 is 0 Å². The maximum absolute atomic E-state index is 13.6. The number of para-hydroxylation sites is 1. The van der Waals surface area contributed by atoms with E-state index in [0.29, 0.717) is 0 Å². The molecule has 1 aliphatic rings. The summed E-state index contributed by atoms with van der Waals surface area (Å²) in [7, 11) is 0. The maximum atomic E-state index is 13.6. The van der Waals surface area contributed by atoms with Gasteiger partial charge in [-0.25, -0.2) is 0 Å². The van der Waals surface area contributed by atoms with E-state index in [2.05, 4.69) is 5.32 Å². The van der Waals surface area contributed by atoms with Gasteiger partial charge in [-0.05, 0) is 50.5 Å². The van der Waals surface area contributed by atoms with Crippen molar-refractivity contribution in [2.24, 2.45) is 0 Å². The summed E-state index contributed by atoms with van der Waals surface area (Å²) in [4.78, 5) is 28.5. The summed E-state index contributed by atoms with van der Waals surface area (Å²) < 4.78 is 1.86. The number of aromatic nitrogens is 1. The lowest BCUT2D eigenvalue weighted by atomic mass is 10.0. The van der Waals surface area contributed by atoms with Crippen LogP contribution in [0.25, 0.3) is 0 Å².